The molecule has 0 saturated heterocycles. The number of aromatic nitrogens is 2. The second-order valence-corrected chi connectivity index (χ2v) is 6.03. The Balaban J connectivity index is 0.000000921. The summed E-state index contributed by atoms with van der Waals surface area (Å²) in [7, 11) is 0. The summed E-state index contributed by atoms with van der Waals surface area (Å²) in [6.07, 6.45) is 15.0. The molecule has 3 rings (SSSR count). The zero-order chi connectivity index (χ0) is 20.8. The van der Waals surface area contributed by atoms with Crippen LogP contribution in [0.1, 0.15) is 45.1 Å². The molecule has 0 aliphatic carbocycles. The quantitative estimate of drug-likeness (QED) is 0.395. The van der Waals surface area contributed by atoms with Gasteiger partial charge in [0.25, 0.3) is 0 Å². The number of unbranched alkanes of at least 4 members (excludes halogenated alkanes) is 2. The fraction of sp³-hybridized carbons (Fsp3) is 0.476. The number of fused-ring (bicyclic) bond motifs is 1. The lowest BCUT2D eigenvalue weighted by molar-refractivity contribution is -0.109. The number of carbonyl (C=O) groups is 1. The van der Waals surface area contributed by atoms with Gasteiger partial charge in [-0.1, -0.05) is 26.3 Å². The molecule has 154 valence electrons. The summed E-state index contributed by atoms with van der Waals surface area (Å²) in [5.74, 6) is 0. The smallest absolute Gasteiger partial charge is 0.207 e. The summed E-state index contributed by atoms with van der Waals surface area (Å²) in [5, 5.41) is 3.83. The maximum Gasteiger partial charge on any atom is 0.207 e. The highest BCUT2D eigenvalue weighted by molar-refractivity contribution is 6.15. The van der Waals surface area contributed by atoms with Gasteiger partial charge in [0, 0.05) is 43.3 Å². The van der Waals surface area contributed by atoms with E-state index in [1.54, 1.807) is 0 Å². The largest absolute Gasteiger partial charge is 0.359 e. The lowest BCUT2D eigenvalue weighted by Gasteiger charge is -2.13. The van der Waals surface area contributed by atoms with Gasteiger partial charge in [-0.25, -0.2) is 4.98 Å². The van der Waals surface area contributed by atoms with E-state index in [9.17, 15) is 4.79 Å². The molecule has 28 heavy (non-hydrogen) atoms. The maximum atomic E-state index is 10.2. The summed E-state index contributed by atoms with van der Waals surface area (Å²) in [4.78, 5) is 19.1. The molecule has 0 saturated carbocycles. The molecule has 1 aliphatic heterocycles. The standard InChI is InChI=1S/C18H23N5O.C2H6.CH3Cl/c19-17-6-5-16(12-21-17)23-9-7-15-10-14(11-22-18(15)23)4-2-1-3-8-20-13-24;2*1-2/h5,7,9-13,17H,1-4,6,8,19H2,(H,20,24);1-2H3;1H3. The summed E-state index contributed by atoms with van der Waals surface area (Å²) in [6.45, 7) is 4.75. The van der Waals surface area contributed by atoms with Crippen LogP contribution >= 0.6 is 11.6 Å². The summed E-state index contributed by atoms with van der Waals surface area (Å²) in [6, 6.07) is 4.29. The van der Waals surface area contributed by atoms with Gasteiger partial charge >= 0.3 is 0 Å². The van der Waals surface area contributed by atoms with E-state index in [1.165, 1.54) is 11.9 Å². The Bertz CT molecular complexity index is 769. The number of aliphatic imine (C=N–C) groups is 1. The topological polar surface area (TPSA) is 85.3 Å². The minimum atomic E-state index is -0.128. The molecule has 0 spiro atoms. The molecule has 1 aliphatic rings. The Hall–Kier alpha value is -2.18. The number of alkyl halides is 1. The Morgan fingerprint density at radius 2 is 2.11 bits per heavy atom. The summed E-state index contributed by atoms with van der Waals surface area (Å²) in [5.41, 5.74) is 9.00. The van der Waals surface area contributed by atoms with Crippen LogP contribution in [0.2, 0.25) is 0 Å². The molecule has 2 aromatic heterocycles. The first kappa shape index (κ1) is 23.9. The van der Waals surface area contributed by atoms with Crippen molar-refractivity contribution in [2.45, 2.75) is 52.1 Å². The van der Waals surface area contributed by atoms with Gasteiger partial charge in [0.2, 0.25) is 6.41 Å². The van der Waals surface area contributed by atoms with E-state index in [4.69, 9.17) is 5.73 Å². The lowest BCUT2D eigenvalue weighted by Crippen LogP contribution is -2.19. The van der Waals surface area contributed by atoms with Crippen LogP contribution in [0.5, 0.6) is 0 Å². The van der Waals surface area contributed by atoms with Gasteiger partial charge in [0.05, 0.1) is 5.70 Å². The molecule has 3 heterocycles. The molecule has 6 nitrogen and oxygen atoms in total. The summed E-state index contributed by atoms with van der Waals surface area (Å²) < 4.78 is 2.06. The number of hydrogen-bond donors (Lipinski definition) is 2. The lowest BCUT2D eigenvalue weighted by atomic mass is 10.1. The third kappa shape index (κ3) is 7.09. The maximum absolute atomic E-state index is 10.2. The number of pyridine rings is 1. The first-order valence-corrected chi connectivity index (χ1v) is 10.5. The SMILES string of the molecule is CC.CCl.NC1CC=C(n2ccc3cc(CCCCCNC=O)cnc32)C=N1. The molecule has 1 amide bonds. The van der Waals surface area contributed by atoms with E-state index in [0.29, 0.717) is 0 Å². The van der Waals surface area contributed by atoms with Crippen molar-refractivity contribution in [3.63, 3.8) is 0 Å². The van der Waals surface area contributed by atoms with Crippen LogP contribution in [0, 0.1) is 0 Å². The normalized spacial score (nSPS) is 15.0. The highest BCUT2D eigenvalue weighted by Gasteiger charge is 2.10. The molecule has 0 fully saturated rings. The van der Waals surface area contributed by atoms with Crippen LogP contribution in [-0.2, 0) is 11.2 Å². The molecule has 1 atom stereocenters. The number of rotatable bonds is 8. The fourth-order valence-electron chi connectivity index (χ4n) is 2.89. The van der Waals surface area contributed by atoms with Gasteiger partial charge in [0.1, 0.15) is 11.8 Å². The second-order valence-electron chi connectivity index (χ2n) is 6.03. The number of nitrogens with one attached hydrogen (secondary N) is 1. The van der Waals surface area contributed by atoms with Crippen LogP contribution in [0.4, 0.5) is 0 Å². The predicted molar refractivity (Wildman–Crippen MR) is 120 cm³/mol. The zero-order valence-corrected chi connectivity index (χ0v) is 17.8. The molecule has 1 unspecified atom stereocenters. The monoisotopic (exact) mass is 405 g/mol. The average Bonchev–Trinajstić information content (AvgIpc) is 3.17. The molecule has 7 heteroatoms. The zero-order valence-electron chi connectivity index (χ0n) is 17.1. The second kappa shape index (κ2) is 13.9. The van der Waals surface area contributed by atoms with Gasteiger partial charge in [0.15, 0.2) is 0 Å². The van der Waals surface area contributed by atoms with Crippen LogP contribution in [-0.4, -0.2) is 41.3 Å². The van der Waals surface area contributed by atoms with Crippen LogP contribution in [0.15, 0.2) is 35.6 Å². The van der Waals surface area contributed by atoms with Crippen LogP contribution in [0.3, 0.4) is 0 Å². The van der Waals surface area contributed by atoms with E-state index in [1.807, 2.05) is 32.5 Å². The third-order valence-electron chi connectivity index (χ3n) is 4.20. The van der Waals surface area contributed by atoms with Crippen molar-refractivity contribution in [1.82, 2.24) is 14.9 Å². The van der Waals surface area contributed by atoms with Crippen LogP contribution < -0.4 is 11.1 Å². The van der Waals surface area contributed by atoms with Gasteiger partial charge in [-0.15, -0.1) is 11.6 Å². The molecular weight excluding hydrogens is 374 g/mol. The number of halogens is 1. The molecule has 2 aromatic rings. The Kier molecular flexibility index (Phi) is 11.9. The number of aryl methyl sites for hydroxylation is 1. The van der Waals surface area contributed by atoms with Crippen molar-refractivity contribution >= 4 is 41.0 Å². The highest BCUT2D eigenvalue weighted by Crippen LogP contribution is 2.21. The fourth-order valence-corrected chi connectivity index (χ4v) is 2.89. The van der Waals surface area contributed by atoms with Crippen molar-refractivity contribution in [1.29, 1.82) is 0 Å². The van der Waals surface area contributed by atoms with Crippen molar-refractivity contribution in [3.8, 4) is 0 Å². The number of allylic oxidation sites excluding steroid dienone is 1. The molecule has 0 aromatic carbocycles. The highest BCUT2D eigenvalue weighted by atomic mass is 35.5. The number of carbonyl (C=O) groups excluding carboxylic acids is 1. The molecular formula is C21H32ClN5O. The molecule has 0 bridgehead atoms. The van der Waals surface area contributed by atoms with E-state index in [-0.39, 0.29) is 6.17 Å². The van der Waals surface area contributed by atoms with Crippen molar-refractivity contribution in [2.24, 2.45) is 10.7 Å². The van der Waals surface area contributed by atoms with Gasteiger partial charge in [-0.05, 0) is 37.0 Å². The van der Waals surface area contributed by atoms with Crippen molar-refractivity contribution < 1.29 is 4.79 Å². The Labute approximate surface area is 172 Å². The van der Waals surface area contributed by atoms with Gasteiger partial charge < -0.3 is 15.6 Å². The van der Waals surface area contributed by atoms with Gasteiger partial charge in [-0.3, -0.25) is 9.79 Å². The van der Waals surface area contributed by atoms with E-state index < -0.39 is 0 Å². The number of nitrogens with two attached hydrogens (primary N) is 1. The predicted octanol–water partition coefficient (Wildman–Crippen LogP) is 3.98. The van der Waals surface area contributed by atoms with Crippen molar-refractivity contribution in [3.05, 3.63) is 36.2 Å². The third-order valence-corrected chi connectivity index (χ3v) is 4.20. The van der Waals surface area contributed by atoms with Gasteiger partial charge in [-0.2, -0.15) is 0 Å². The summed E-state index contributed by atoms with van der Waals surface area (Å²) >= 11 is 4.64. The first-order chi connectivity index (χ1) is 13.8. The minimum absolute atomic E-state index is 0.128. The first-order valence-electron chi connectivity index (χ1n) is 9.78. The number of dihydropyridines is 1. The minimum Gasteiger partial charge on any atom is -0.359 e. The Morgan fingerprint density at radius 1 is 1.32 bits per heavy atom. The number of amides is 1. The van der Waals surface area contributed by atoms with Crippen LogP contribution in [0.25, 0.3) is 16.7 Å². The van der Waals surface area contributed by atoms with E-state index >= 15 is 0 Å². The molecule has 3 N–H and O–H groups in total. The number of nitrogens with zero attached hydrogens (tertiary/aromatic N) is 3. The van der Waals surface area contributed by atoms with E-state index in [2.05, 4.69) is 49.7 Å². The van der Waals surface area contributed by atoms with E-state index in [0.717, 1.165) is 61.8 Å². The average molecular weight is 406 g/mol. The van der Waals surface area contributed by atoms with Crippen molar-refractivity contribution in [2.75, 3.05) is 12.9 Å². The number of hydrogen-bond acceptors (Lipinski definition) is 4. The molecule has 0 radical (unpaired) electrons. The Morgan fingerprint density at radius 3 is 2.79 bits per heavy atom.